The minimum Gasteiger partial charge on any atom is -0.375 e. The van der Waals surface area contributed by atoms with Crippen LogP contribution in [0.4, 0.5) is 0 Å². The Morgan fingerprint density at radius 3 is 2.82 bits per heavy atom. The van der Waals surface area contributed by atoms with Gasteiger partial charge in [0.1, 0.15) is 0 Å². The van der Waals surface area contributed by atoms with Crippen LogP contribution in [-0.4, -0.2) is 31.7 Å². The van der Waals surface area contributed by atoms with Crippen LogP contribution in [0.3, 0.4) is 0 Å². The normalized spacial score (nSPS) is 19.9. The summed E-state index contributed by atoms with van der Waals surface area (Å²) in [7, 11) is 0. The lowest BCUT2D eigenvalue weighted by atomic mass is 9.93. The number of nitrogens with one attached hydrogen (secondary N) is 2. The molecule has 2 rings (SSSR count). The van der Waals surface area contributed by atoms with Gasteiger partial charge in [0.05, 0.1) is 25.2 Å². The molecule has 2 N–H and O–H groups in total. The Bertz CT molecular complexity index is 482. The summed E-state index contributed by atoms with van der Waals surface area (Å²) in [5, 5.41) is 6.47. The second-order valence-electron chi connectivity index (χ2n) is 6.51. The molecule has 4 heteroatoms. The lowest BCUT2D eigenvalue weighted by molar-refractivity contribution is -0.125. The van der Waals surface area contributed by atoms with Crippen molar-refractivity contribution in [2.45, 2.75) is 45.8 Å². The Morgan fingerprint density at radius 1 is 1.41 bits per heavy atom. The molecule has 0 aliphatic carbocycles. The molecule has 1 amide bonds. The van der Waals surface area contributed by atoms with Crippen molar-refractivity contribution in [1.29, 1.82) is 0 Å². The van der Waals surface area contributed by atoms with Crippen molar-refractivity contribution in [3.05, 3.63) is 35.4 Å². The van der Waals surface area contributed by atoms with Crippen LogP contribution in [0.25, 0.3) is 0 Å². The molecule has 1 saturated heterocycles. The third kappa shape index (κ3) is 5.11. The Kier molecular flexibility index (Phi) is 6.40. The topological polar surface area (TPSA) is 50.4 Å². The average Bonchev–Trinajstić information content (AvgIpc) is 2.47. The number of carbonyl (C=O) groups excluding carboxylic acids is 1. The number of morpholine rings is 1. The fourth-order valence-corrected chi connectivity index (χ4v) is 2.92. The summed E-state index contributed by atoms with van der Waals surface area (Å²) in [6.07, 6.45) is 1.36. The van der Waals surface area contributed by atoms with Crippen LogP contribution in [0.2, 0.25) is 0 Å². The summed E-state index contributed by atoms with van der Waals surface area (Å²) in [6.45, 7) is 8.79. The molecule has 122 valence electrons. The van der Waals surface area contributed by atoms with E-state index in [1.807, 2.05) is 12.1 Å². The smallest absolute Gasteiger partial charge is 0.223 e. The SMILES string of the molecule is Cc1ccccc1[C@@H](CC(C)C)NC(=O)C[C@@H]1CNCCO1. The summed E-state index contributed by atoms with van der Waals surface area (Å²) in [5.74, 6) is 0.597. The Morgan fingerprint density at radius 2 is 2.18 bits per heavy atom. The molecule has 0 aromatic heterocycles. The molecule has 0 unspecified atom stereocenters. The van der Waals surface area contributed by atoms with Gasteiger partial charge in [0, 0.05) is 13.1 Å². The molecule has 1 aromatic carbocycles. The van der Waals surface area contributed by atoms with Crippen molar-refractivity contribution in [2.75, 3.05) is 19.7 Å². The van der Waals surface area contributed by atoms with E-state index < -0.39 is 0 Å². The lowest BCUT2D eigenvalue weighted by Crippen LogP contribution is -2.42. The van der Waals surface area contributed by atoms with Crippen molar-refractivity contribution in [1.82, 2.24) is 10.6 Å². The van der Waals surface area contributed by atoms with E-state index in [4.69, 9.17) is 4.74 Å². The van der Waals surface area contributed by atoms with E-state index in [1.54, 1.807) is 0 Å². The predicted molar refractivity (Wildman–Crippen MR) is 88.7 cm³/mol. The minimum absolute atomic E-state index is 0.00896. The summed E-state index contributed by atoms with van der Waals surface area (Å²) < 4.78 is 5.62. The molecule has 2 atom stereocenters. The first-order chi connectivity index (χ1) is 10.6. The van der Waals surface area contributed by atoms with Gasteiger partial charge in [0.15, 0.2) is 0 Å². The zero-order valence-corrected chi connectivity index (χ0v) is 13.9. The quantitative estimate of drug-likeness (QED) is 0.849. The van der Waals surface area contributed by atoms with Gasteiger partial charge >= 0.3 is 0 Å². The van der Waals surface area contributed by atoms with E-state index in [2.05, 4.69) is 43.5 Å². The summed E-state index contributed by atoms with van der Waals surface area (Å²) in [4.78, 5) is 12.4. The standard InChI is InChI=1S/C18H28N2O2/c1-13(2)10-17(16-7-5-4-6-14(16)3)20-18(21)11-15-12-19-8-9-22-15/h4-7,13,15,17,19H,8-12H2,1-3H3,(H,20,21)/t15-,17-/m1/s1. The largest absolute Gasteiger partial charge is 0.375 e. The molecule has 0 saturated carbocycles. The van der Waals surface area contributed by atoms with Crippen LogP contribution in [0, 0.1) is 12.8 Å². The zero-order valence-electron chi connectivity index (χ0n) is 13.9. The third-order valence-corrected chi connectivity index (χ3v) is 4.02. The highest BCUT2D eigenvalue weighted by molar-refractivity contribution is 5.77. The second kappa shape index (κ2) is 8.30. The lowest BCUT2D eigenvalue weighted by Gasteiger charge is -2.26. The summed E-state index contributed by atoms with van der Waals surface area (Å²) in [6, 6.07) is 8.36. The highest BCUT2D eigenvalue weighted by Crippen LogP contribution is 2.24. The van der Waals surface area contributed by atoms with Gasteiger partial charge in [0.25, 0.3) is 0 Å². The molecule has 1 aromatic rings. The first-order valence-corrected chi connectivity index (χ1v) is 8.23. The van der Waals surface area contributed by atoms with Gasteiger partial charge in [-0.15, -0.1) is 0 Å². The number of aryl methyl sites for hydroxylation is 1. The van der Waals surface area contributed by atoms with E-state index in [1.165, 1.54) is 11.1 Å². The van der Waals surface area contributed by atoms with Gasteiger partial charge < -0.3 is 15.4 Å². The molecular weight excluding hydrogens is 276 g/mol. The van der Waals surface area contributed by atoms with Crippen molar-refractivity contribution in [3.8, 4) is 0 Å². The fourth-order valence-electron chi connectivity index (χ4n) is 2.92. The van der Waals surface area contributed by atoms with Crippen molar-refractivity contribution < 1.29 is 9.53 Å². The molecule has 1 fully saturated rings. The Hall–Kier alpha value is -1.39. The van der Waals surface area contributed by atoms with Gasteiger partial charge in [-0.25, -0.2) is 0 Å². The highest BCUT2D eigenvalue weighted by Gasteiger charge is 2.21. The zero-order chi connectivity index (χ0) is 15.9. The van der Waals surface area contributed by atoms with Crippen LogP contribution in [0.1, 0.15) is 43.9 Å². The molecule has 1 aliphatic heterocycles. The van der Waals surface area contributed by atoms with Crippen molar-refractivity contribution in [3.63, 3.8) is 0 Å². The van der Waals surface area contributed by atoms with Gasteiger partial charge in [0.2, 0.25) is 5.91 Å². The third-order valence-electron chi connectivity index (χ3n) is 4.02. The van der Waals surface area contributed by atoms with E-state index in [-0.39, 0.29) is 18.1 Å². The van der Waals surface area contributed by atoms with Crippen LogP contribution in [0.15, 0.2) is 24.3 Å². The minimum atomic E-state index is -0.00896. The maximum Gasteiger partial charge on any atom is 0.223 e. The van der Waals surface area contributed by atoms with E-state index >= 15 is 0 Å². The molecule has 22 heavy (non-hydrogen) atoms. The number of hydrogen-bond acceptors (Lipinski definition) is 3. The molecular formula is C18H28N2O2. The summed E-state index contributed by atoms with van der Waals surface area (Å²) >= 11 is 0. The first-order valence-electron chi connectivity index (χ1n) is 8.23. The number of carbonyl (C=O) groups is 1. The predicted octanol–water partition coefficient (Wildman–Crippen LogP) is 2.58. The van der Waals surface area contributed by atoms with Gasteiger partial charge in [-0.05, 0) is 30.4 Å². The number of amides is 1. The van der Waals surface area contributed by atoms with Crippen molar-refractivity contribution in [2.24, 2.45) is 5.92 Å². The maximum atomic E-state index is 12.4. The molecule has 0 bridgehead atoms. The monoisotopic (exact) mass is 304 g/mol. The maximum absolute atomic E-state index is 12.4. The number of benzene rings is 1. The molecule has 1 heterocycles. The Balaban J connectivity index is 2.00. The van der Waals surface area contributed by atoms with E-state index in [0.717, 1.165) is 19.5 Å². The molecule has 1 aliphatic rings. The molecule has 0 spiro atoms. The van der Waals surface area contributed by atoms with Crippen LogP contribution < -0.4 is 10.6 Å². The van der Waals surface area contributed by atoms with Crippen LogP contribution in [-0.2, 0) is 9.53 Å². The van der Waals surface area contributed by atoms with Crippen molar-refractivity contribution >= 4 is 5.91 Å². The number of hydrogen-bond donors (Lipinski definition) is 2. The van der Waals surface area contributed by atoms with E-state index in [0.29, 0.717) is 18.9 Å². The van der Waals surface area contributed by atoms with Gasteiger partial charge in [-0.3, -0.25) is 4.79 Å². The average molecular weight is 304 g/mol. The summed E-state index contributed by atoms with van der Waals surface area (Å²) in [5.41, 5.74) is 2.44. The van der Waals surface area contributed by atoms with Gasteiger partial charge in [-0.1, -0.05) is 38.1 Å². The van der Waals surface area contributed by atoms with E-state index in [9.17, 15) is 4.79 Å². The first kappa shape index (κ1) is 17.0. The number of rotatable bonds is 6. The molecule has 4 nitrogen and oxygen atoms in total. The fraction of sp³-hybridized carbons (Fsp3) is 0.611. The van der Waals surface area contributed by atoms with Crippen LogP contribution in [0.5, 0.6) is 0 Å². The van der Waals surface area contributed by atoms with Gasteiger partial charge in [-0.2, -0.15) is 0 Å². The molecule has 0 radical (unpaired) electrons. The van der Waals surface area contributed by atoms with Crippen LogP contribution >= 0.6 is 0 Å². The second-order valence-corrected chi connectivity index (χ2v) is 6.51. The Labute approximate surface area is 133 Å². The number of ether oxygens (including phenoxy) is 1. The highest BCUT2D eigenvalue weighted by atomic mass is 16.5.